The maximum atomic E-state index is 5.87. The Hall–Kier alpha value is -1.88. The molecular weight excluding hydrogens is 208 g/mol. The summed E-state index contributed by atoms with van der Waals surface area (Å²) >= 11 is 1.64. The monoisotopic (exact) mass is 216 g/mol. The van der Waals surface area contributed by atoms with Gasteiger partial charge in [0.15, 0.2) is 0 Å². The lowest BCUT2D eigenvalue weighted by molar-refractivity contribution is 1.12. The Bertz CT molecular complexity index is 597. The maximum Gasteiger partial charge on any atom is 0.206 e. The summed E-state index contributed by atoms with van der Waals surface area (Å²) in [6, 6.07) is 3.93. The largest absolute Gasteiger partial charge is 0.369 e. The zero-order chi connectivity index (χ0) is 10.3. The molecule has 3 aromatic heterocycles. The number of hydrogen-bond acceptors (Lipinski definition) is 4. The van der Waals surface area contributed by atoms with Crippen LogP contribution in [0.4, 0.5) is 5.95 Å². The normalized spacial score (nSPS) is 10.9. The molecule has 0 atom stereocenters. The number of aromatic nitrogens is 3. The average molecular weight is 216 g/mol. The Morgan fingerprint density at radius 1 is 1.33 bits per heavy atom. The van der Waals surface area contributed by atoms with Crippen molar-refractivity contribution in [1.82, 2.24) is 14.5 Å². The third-order valence-electron chi connectivity index (χ3n) is 2.25. The summed E-state index contributed by atoms with van der Waals surface area (Å²) in [5.74, 6) is 0.497. The van der Waals surface area contributed by atoms with Crippen molar-refractivity contribution in [1.29, 1.82) is 0 Å². The van der Waals surface area contributed by atoms with Gasteiger partial charge in [0.2, 0.25) is 5.95 Å². The van der Waals surface area contributed by atoms with E-state index in [9.17, 15) is 0 Å². The second-order valence-electron chi connectivity index (χ2n) is 3.15. The Morgan fingerprint density at radius 2 is 2.27 bits per heavy atom. The van der Waals surface area contributed by atoms with Gasteiger partial charge in [0, 0.05) is 11.6 Å². The van der Waals surface area contributed by atoms with E-state index < -0.39 is 0 Å². The molecule has 0 radical (unpaired) electrons. The van der Waals surface area contributed by atoms with Gasteiger partial charge in [-0.25, -0.2) is 4.98 Å². The van der Waals surface area contributed by atoms with E-state index in [1.54, 1.807) is 23.7 Å². The first-order valence-electron chi connectivity index (χ1n) is 4.47. The molecule has 5 heteroatoms. The average Bonchev–Trinajstić information content (AvgIpc) is 2.82. The van der Waals surface area contributed by atoms with Crippen molar-refractivity contribution in [3.63, 3.8) is 0 Å². The fraction of sp³-hybridized carbons (Fsp3) is 0. The molecule has 0 saturated carbocycles. The van der Waals surface area contributed by atoms with Crippen LogP contribution in [0.1, 0.15) is 0 Å². The molecule has 4 nitrogen and oxygen atoms in total. The fourth-order valence-corrected chi connectivity index (χ4v) is 2.23. The van der Waals surface area contributed by atoms with Crippen LogP contribution in [0.15, 0.2) is 35.3 Å². The predicted molar refractivity (Wildman–Crippen MR) is 61.2 cm³/mol. The van der Waals surface area contributed by atoms with Crippen molar-refractivity contribution < 1.29 is 0 Å². The lowest BCUT2D eigenvalue weighted by Gasteiger charge is -2.01. The van der Waals surface area contributed by atoms with E-state index >= 15 is 0 Å². The van der Waals surface area contributed by atoms with Crippen LogP contribution < -0.4 is 5.73 Å². The third kappa shape index (κ3) is 1.20. The topological polar surface area (TPSA) is 56.7 Å². The molecule has 0 aliphatic heterocycles. The molecule has 2 N–H and O–H groups in total. The van der Waals surface area contributed by atoms with Crippen molar-refractivity contribution in [3.05, 3.63) is 35.3 Å². The van der Waals surface area contributed by atoms with Crippen LogP contribution in [0, 0.1) is 0 Å². The number of thiophene rings is 1. The number of imidazole rings is 1. The Morgan fingerprint density at radius 3 is 3.07 bits per heavy atom. The Labute approximate surface area is 90.0 Å². The summed E-state index contributed by atoms with van der Waals surface area (Å²) in [6.45, 7) is 0. The highest BCUT2D eigenvalue weighted by atomic mass is 32.1. The highest BCUT2D eigenvalue weighted by Crippen LogP contribution is 2.23. The maximum absolute atomic E-state index is 5.87. The smallest absolute Gasteiger partial charge is 0.206 e. The van der Waals surface area contributed by atoms with Gasteiger partial charge in [-0.2, -0.15) is 11.3 Å². The number of hydrogen-bond donors (Lipinski definition) is 1. The fourth-order valence-electron chi connectivity index (χ4n) is 1.61. The number of nitrogen functional groups attached to an aromatic ring is 1. The van der Waals surface area contributed by atoms with Crippen molar-refractivity contribution in [3.8, 4) is 5.69 Å². The van der Waals surface area contributed by atoms with Gasteiger partial charge < -0.3 is 5.73 Å². The SMILES string of the molecule is Nc1nc2cnccc2n1-c1ccsc1. The molecule has 0 aromatic carbocycles. The molecule has 0 spiro atoms. The van der Waals surface area contributed by atoms with Gasteiger partial charge in [-0.15, -0.1) is 0 Å². The second-order valence-corrected chi connectivity index (χ2v) is 3.93. The van der Waals surface area contributed by atoms with E-state index in [0.29, 0.717) is 5.95 Å². The van der Waals surface area contributed by atoms with E-state index in [0.717, 1.165) is 16.7 Å². The number of rotatable bonds is 1. The molecule has 3 aromatic rings. The van der Waals surface area contributed by atoms with Gasteiger partial charge in [-0.05, 0) is 17.5 Å². The van der Waals surface area contributed by atoms with Crippen LogP contribution >= 0.6 is 11.3 Å². The minimum atomic E-state index is 0.497. The van der Waals surface area contributed by atoms with Crippen molar-refractivity contribution in [2.75, 3.05) is 5.73 Å². The van der Waals surface area contributed by atoms with E-state index in [2.05, 4.69) is 9.97 Å². The zero-order valence-electron chi connectivity index (χ0n) is 7.79. The summed E-state index contributed by atoms with van der Waals surface area (Å²) in [5.41, 5.74) is 8.73. The number of anilines is 1. The molecule has 0 saturated heterocycles. The summed E-state index contributed by atoms with van der Waals surface area (Å²) in [4.78, 5) is 8.27. The van der Waals surface area contributed by atoms with E-state index in [4.69, 9.17) is 5.73 Å². The Kier molecular flexibility index (Phi) is 1.72. The van der Waals surface area contributed by atoms with Crippen molar-refractivity contribution in [2.24, 2.45) is 0 Å². The number of fused-ring (bicyclic) bond motifs is 1. The number of nitrogens with two attached hydrogens (primary N) is 1. The quantitative estimate of drug-likeness (QED) is 0.677. The first-order valence-corrected chi connectivity index (χ1v) is 5.41. The van der Waals surface area contributed by atoms with Crippen LogP contribution in [0.3, 0.4) is 0 Å². The summed E-state index contributed by atoms with van der Waals surface area (Å²) in [5, 5.41) is 4.06. The standard InChI is InChI=1S/C10H8N4S/c11-10-13-8-5-12-3-1-9(8)14(10)7-2-4-15-6-7/h1-6H,(H2,11,13). The highest BCUT2D eigenvalue weighted by Gasteiger charge is 2.09. The first-order chi connectivity index (χ1) is 7.36. The molecular formula is C10H8N4S. The van der Waals surface area contributed by atoms with Gasteiger partial charge >= 0.3 is 0 Å². The van der Waals surface area contributed by atoms with Gasteiger partial charge in [-0.3, -0.25) is 9.55 Å². The van der Waals surface area contributed by atoms with Crippen LogP contribution in [-0.2, 0) is 0 Å². The number of nitrogens with zero attached hydrogens (tertiary/aromatic N) is 3. The van der Waals surface area contributed by atoms with E-state index in [1.165, 1.54) is 0 Å². The summed E-state index contributed by atoms with van der Waals surface area (Å²) in [6.07, 6.45) is 3.46. The van der Waals surface area contributed by atoms with Crippen LogP contribution in [0.25, 0.3) is 16.7 Å². The van der Waals surface area contributed by atoms with E-state index in [-0.39, 0.29) is 0 Å². The van der Waals surface area contributed by atoms with Gasteiger partial charge in [-0.1, -0.05) is 0 Å². The van der Waals surface area contributed by atoms with Crippen LogP contribution in [0.2, 0.25) is 0 Å². The Balaban J connectivity index is 2.39. The van der Waals surface area contributed by atoms with Crippen LogP contribution in [0.5, 0.6) is 0 Å². The third-order valence-corrected chi connectivity index (χ3v) is 2.92. The molecule has 0 aliphatic carbocycles. The lowest BCUT2D eigenvalue weighted by Crippen LogP contribution is -1.98. The van der Waals surface area contributed by atoms with E-state index in [1.807, 2.05) is 27.5 Å². The molecule has 0 unspecified atom stereocenters. The highest BCUT2D eigenvalue weighted by molar-refractivity contribution is 7.08. The zero-order valence-corrected chi connectivity index (χ0v) is 8.61. The molecule has 3 heterocycles. The molecule has 15 heavy (non-hydrogen) atoms. The van der Waals surface area contributed by atoms with Gasteiger partial charge in [0.05, 0.1) is 17.4 Å². The van der Waals surface area contributed by atoms with Crippen LogP contribution in [-0.4, -0.2) is 14.5 Å². The molecule has 0 bridgehead atoms. The second kappa shape index (κ2) is 3.06. The molecule has 0 aliphatic rings. The lowest BCUT2D eigenvalue weighted by atomic mass is 10.4. The molecule has 0 fully saturated rings. The predicted octanol–water partition coefficient (Wildman–Crippen LogP) is 2.06. The van der Waals surface area contributed by atoms with Gasteiger partial charge in [0.1, 0.15) is 5.52 Å². The first kappa shape index (κ1) is 8.43. The van der Waals surface area contributed by atoms with Gasteiger partial charge in [0.25, 0.3) is 0 Å². The molecule has 74 valence electrons. The molecule has 3 rings (SSSR count). The molecule has 0 amide bonds. The summed E-state index contributed by atoms with van der Waals surface area (Å²) in [7, 11) is 0. The minimum Gasteiger partial charge on any atom is -0.369 e. The number of pyridine rings is 1. The van der Waals surface area contributed by atoms with Crippen molar-refractivity contribution in [2.45, 2.75) is 0 Å². The van der Waals surface area contributed by atoms with Crippen molar-refractivity contribution >= 4 is 28.3 Å². The minimum absolute atomic E-state index is 0.497. The summed E-state index contributed by atoms with van der Waals surface area (Å²) < 4.78 is 1.92.